The van der Waals surface area contributed by atoms with Crippen LogP contribution in [0.3, 0.4) is 0 Å². The zero-order chi connectivity index (χ0) is 22.3. The quantitative estimate of drug-likeness (QED) is 0.355. The van der Waals surface area contributed by atoms with Gasteiger partial charge in [-0.3, -0.25) is 10.1 Å². The summed E-state index contributed by atoms with van der Waals surface area (Å²) in [6, 6.07) is 9.01. The molecule has 11 heteroatoms. The Morgan fingerprint density at radius 1 is 1.10 bits per heavy atom. The molecule has 0 aliphatic carbocycles. The van der Waals surface area contributed by atoms with Gasteiger partial charge in [-0.2, -0.15) is 13.2 Å². The fraction of sp³-hybridized carbons (Fsp3) is 0.0500. The number of carboxylic acids is 1. The number of carbonyl (C=O) groups excluding carboxylic acids is 1. The highest BCUT2D eigenvalue weighted by molar-refractivity contribution is 7.20. The van der Waals surface area contributed by atoms with Crippen molar-refractivity contribution in [2.24, 2.45) is 0 Å². The molecule has 4 rings (SSSR count). The number of nitrogens with one attached hydrogen (secondary N) is 1. The molecular formula is C20H10F4N2O3S2. The molecule has 0 aliphatic heterocycles. The van der Waals surface area contributed by atoms with Crippen molar-refractivity contribution < 1.29 is 32.3 Å². The fourth-order valence-electron chi connectivity index (χ4n) is 2.86. The van der Waals surface area contributed by atoms with E-state index in [1.54, 1.807) is 6.07 Å². The minimum absolute atomic E-state index is 0.0386. The number of hydrogen-bond donors (Lipinski definition) is 2. The van der Waals surface area contributed by atoms with Crippen LogP contribution >= 0.6 is 22.7 Å². The molecule has 0 radical (unpaired) electrons. The molecule has 2 aromatic carbocycles. The Morgan fingerprint density at radius 2 is 1.87 bits per heavy atom. The van der Waals surface area contributed by atoms with Crippen molar-refractivity contribution >= 4 is 49.8 Å². The Balaban J connectivity index is 1.58. The molecule has 0 fully saturated rings. The van der Waals surface area contributed by atoms with E-state index < -0.39 is 29.4 Å². The number of benzene rings is 2. The minimum Gasteiger partial charge on any atom is -0.477 e. The summed E-state index contributed by atoms with van der Waals surface area (Å²) in [4.78, 5) is 27.8. The van der Waals surface area contributed by atoms with Gasteiger partial charge in [0.25, 0.3) is 5.91 Å². The van der Waals surface area contributed by atoms with Gasteiger partial charge in [-0.1, -0.05) is 6.07 Å². The third kappa shape index (κ3) is 4.14. The third-order valence-corrected chi connectivity index (χ3v) is 6.16. The van der Waals surface area contributed by atoms with E-state index in [0.717, 1.165) is 28.7 Å². The predicted molar refractivity (Wildman–Crippen MR) is 109 cm³/mol. The van der Waals surface area contributed by atoms with Crippen LogP contribution in [0.15, 0.2) is 47.8 Å². The Labute approximate surface area is 179 Å². The standard InChI is InChI=1S/C20H10F4N2O3S2/c21-16-11(2-1-3-12(16)20(22,23)24)13-8-30-19(25-13)26-17(27)9-4-5-14-10(6-9)7-15(31-14)18(28)29/h1-8H,(H,28,29)(H,25,26,27). The van der Waals surface area contributed by atoms with E-state index in [1.165, 1.54) is 29.6 Å². The summed E-state index contributed by atoms with van der Waals surface area (Å²) < 4.78 is 53.8. The molecule has 0 saturated carbocycles. The number of thiazole rings is 1. The summed E-state index contributed by atoms with van der Waals surface area (Å²) in [7, 11) is 0. The molecule has 2 heterocycles. The maximum absolute atomic E-state index is 14.3. The number of halogens is 4. The van der Waals surface area contributed by atoms with Gasteiger partial charge in [0.15, 0.2) is 5.13 Å². The molecule has 2 N–H and O–H groups in total. The van der Waals surface area contributed by atoms with Crippen molar-refractivity contribution in [2.75, 3.05) is 5.32 Å². The van der Waals surface area contributed by atoms with Crippen LogP contribution in [0.4, 0.5) is 22.7 Å². The molecule has 0 spiro atoms. The molecule has 2 aromatic heterocycles. The maximum Gasteiger partial charge on any atom is 0.419 e. The van der Waals surface area contributed by atoms with E-state index in [-0.39, 0.29) is 26.8 Å². The molecule has 0 unspecified atom stereocenters. The number of aromatic nitrogens is 1. The molecule has 0 atom stereocenters. The van der Waals surface area contributed by atoms with Gasteiger partial charge in [0.2, 0.25) is 0 Å². The lowest BCUT2D eigenvalue weighted by Crippen LogP contribution is -2.11. The Bertz CT molecular complexity index is 1330. The lowest BCUT2D eigenvalue weighted by molar-refractivity contribution is -0.139. The second-order valence-electron chi connectivity index (χ2n) is 6.33. The summed E-state index contributed by atoms with van der Waals surface area (Å²) in [6.45, 7) is 0. The van der Waals surface area contributed by atoms with E-state index in [4.69, 9.17) is 5.11 Å². The number of hydrogen-bond acceptors (Lipinski definition) is 5. The van der Waals surface area contributed by atoms with E-state index in [2.05, 4.69) is 10.3 Å². The van der Waals surface area contributed by atoms with E-state index in [1.807, 2.05) is 0 Å². The van der Waals surface area contributed by atoms with Crippen LogP contribution in [0.5, 0.6) is 0 Å². The van der Waals surface area contributed by atoms with Gasteiger partial charge < -0.3 is 5.11 Å². The average molecular weight is 466 g/mol. The number of amides is 1. The lowest BCUT2D eigenvalue weighted by atomic mass is 10.1. The van der Waals surface area contributed by atoms with E-state index in [9.17, 15) is 27.2 Å². The average Bonchev–Trinajstić information content (AvgIpc) is 3.33. The zero-order valence-corrected chi connectivity index (χ0v) is 16.8. The summed E-state index contributed by atoms with van der Waals surface area (Å²) in [5.41, 5.74) is -1.52. The van der Waals surface area contributed by atoms with Crippen molar-refractivity contribution in [1.82, 2.24) is 4.98 Å². The number of carboxylic acid groups (broad SMARTS) is 1. The normalized spacial score (nSPS) is 11.6. The highest BCUT2D eigenvalue weighted by Crippen LogP contribution is 2.36. The maximum atomic E-state index is 14.3. The number of anilines is 1. The number of fused-ring (bicyclic) bond motifs is 1. The molecule has 5 nitrogen and oxygen atoms in total. The first kappa shape index (κ1) is 20.9. The Hall–Kier alpha value is -3.31. The van der Waals surface area contributed by atoms with Crippen molar-refractivity contribution in [3.63, 3.8) is 0 Å². The summed E-state index contributed by atoms with van der Waals surface area (Å²) >= 11 is 2.01. The molecule has 0 saturated heterocycles. The first-order valence-electron chi connectivity index (χ1n) is 8.53. The van der Waals surface area contributed by atoms with Gasteiger partial charge in [0.05, 0.1) is 11.3 Å². The number of nitrogens with zero attached hydrogens (tertiary/aromatic N) is 1. The number of carbonyl (C=O) groups is 2. The molecule has 4 aromatic rings. The second-order valence-corrected chi connectivity index (χ2v) is 8.27. The van der Waals surface area contributed by atoms with Gasteiger partial charge in [-0.25, -0.2) is 14.2 Å². The number of alkyl halides is 3. The number of rotatable bonds is 4. The smallest absolute Gasteiger partial charge is 0.419 e. The van der Waals surface area contributed by atoms with Gasteiger partial charge in [-0.15, -0.1) is 22.7 Å². The first-order chi connectivity index (χ1) is 14.6. The van der Waals surface area contributed by atoms with Crippen LogP contribution in [-0.4, -0.2) is 22.0 Å². The van der Waals surface area contributed by atoms with E-state index >= 15 is 0 Å². The summed E-state index contributed by atoms with van der Waals surface area (Å²) in [6.07, 6.45) is -4.84. The predicted octanol–water partition coefficient (Wildman–Crippen LogP) is 6.13. The summed E-state index contributed by atoms with van der Waals surface area (Å²) in [5.74, 6) is -3.05. The molecule has 1 amide bonds. The van der Waals surface area contributed by atoms with Crippen molar-refractivity contribution in [2.45, 2.75) is 6.18 Å². The lowest BCUT2D eigenvalue weighted by Gasteiger charge is -2.09. The topological polar surface area (TPSA) is 79.3 Å². The minimum atomic E-state index is -4.84. The SMILES string of the molecule is O=C(Nc1nc(-c2cccc(C(F)(F)F)c2F)cs1)c1ccc2sc(C(=O)O)cc2c1. The molecule has 158 valence electrons. The second kappa shape index (κ2) is 7.75. The number of aromatic carboxylic acids is 1. The van der Waals surface area contributed by atoms with Gasteiger partial charge in [-0.05, 0) is 41.8 Å². The molecule has 0 aliphatic rings. The van der Waals surface area contributed by atoms with Crippen LogP contribution in [0.1, 0.15) is 25.6 Å². The molecule has 31 heavy (non-hydrogen) atoms. The zero-order valence-electron chi connectivity index (χ0n) is 15.2. The molecular weight excluding hydrogens is 456 g/mol. The first-order valence-corrected chi connectivity index (χ1v) is 10.2. The highest BCUT2D eigenvalue weighted by atomic mass is 32.1. The van der Waals surface area contributed by atoms with Crippen LogP contribution in [0, 0.1) is 5.82 Å². The number of thiophene rings is 1. The third-order valence-electron chi connectivity index (χ3n) is 4.29. The van der Waals surface area contributed by atoms with Crippen molar-refractivity contribution in [1.29, 1.82) is 0 Å². The van der Waals surface area contributed by atoms with Crippen LogP contribution < -0.4 is 5.32 Å². The van der Waals surface area contributed by atoms with Crippen molar-refractivity contribution in [3.8, 4) is 11.3 Å². The fourth-order valence-corrected chi connectivity index (χ4v) is 4.45. The van der Waals surface area contributed by atoms with Gasteiger partial charge in [0.1, 0.15) is 10.7 Å². The Morgan fingerprint density at radius 3 is 2.58 bits per heavy atom. The van der Waals surface area contributed by atoms with Crippen LogP contribution in [-0.2, 0) is 6.18 Å². The Kier molecular flexibility index (Phi) is 5.23. The largest absolute Gasteiger partial charge is 0.477 e. The highest BCUT2D eigenvalue weighted by Gasteiger charge is 2.35. The van der Waals surface area contributed by atoms with Crippen molar-refractivity contribution in [3.05, 3.63) is 69.7 Å². The van der Waals surface area contributed by atoms with Crippen LogP contribution in [0.2, 0.25) is 0 Å². The van der Waals surface area contributed by atoms with Gasteiger partial charge >= 0.3 is 12.1 Å². The van der Waals surface area contributed by atoms with E-state index in [0.29, 0.717) is 16.2 Å². The van der Waals surface area contributed by atoms with Crippen LogP contribution in [0.25, 0.3) is 21.3 Å². The molecule has 0 bridgehead atoms. The monoisotopic (exact) mass is 466 g/mol. The summed E-state index contributed by atoms with van der Waals surface area (Å²) in [5, 5.41) is 13.6. The van der Waals surface area contributed by atoms with Gasteiger partial charge in [0, 0.05) is 21.2 Å².